The SMILES string of the molecule is CSCC[C@H](NC(C)=O)C(=O)NCC(=O)N[C@@H](Cc1cnc[nH]1)C(=O)NCC(N)=O. The number of primary amides is 1. The summed E-state index contributed by atoms with van der Waals surface area (Å²) in [6.45, 7) is 0.534. The van der Waals surface area contributed by atoms with Gasteiger partial charge in [-0.2, -0.15) is 11.8 Å². The zero-order valence-corrected chi connectivity index (χ0v) is 17.6. The summed E-state index contributed by atoms with van der Waals surface area (Å²) in [5.41, 5.74) is 5.61. The summed E-state index contributed by atoms with van der Waals surface area (Å²) in [5.74, 6) is -2.16. The highest BCUT2D eigenvalue weighted by molar-refractivity contribution is 7.98. The number of nitrogens with zero attached hydrogens (tertiary/aromatic N) is 1. The third-order valence-corrected chi connectivity index (χ3v) is 4.44. The standard InChI is InChI=1S/C17H27N7O5S/c1-10(25)23-12(3-4-30-2)16(28)21-8-15(27)24-13(5-11-6-19-9-22-11)17(29)20-7-14(18)26/h6,9,12-13H,3-5,7-8H2,1-2H3,(H2,18,26)(H,19,22)(H,20,29)(H,21,28)(H,23,25)(H,24,27)/t12-,13-/m0/s1. The van der Waals surface area contributed by atoms with Gasteiger partial charge >= 0.3 is 0 Å². The van der Waals surface area contributed by atoms with E-state index in [2.05, 4.69) is 31.2 Å². The number of nitrogens with one attached hydrogen (secondary N) is 5. The molecule has 0 aliphatic rings. The Kier molecular flexibility index (Phi) is 11.0. The van der Waals surface area contributed by atoms with Gasteiger partial charge in [-0.15, -0.1) is 0 Å². The van der Waals surface area contributed by atoms with E-state index in [4.69, 9.17) is 5.73 Å². The Balaban J connectivity index is 2.66. The van der Waals surface area contributed by atoms with E-state index in [-0.39, 0.29) is 18.9 Å². The van der Waals surface area contributed by atoms with Crippen LogP contribution in [0.25, 0.3) is 0 Å². The minimum Gasteiger partial charge on any atom is -0.368 e. The Hall–Kier alpha value is -3.09. The summed E-state index contributed by atoms with van der Waals surface area (Å²) >= 11 is 1.52. The lowest BCUT2D eigenvalue weighted by Crippen LogP contribution is -2.53. The van der Waals surface area contributed by atoms with Crippen LogP contribution in [0.5, 0.6) is 0 Å². The minimum atomic E-state index is -1.02. The topological polar surface area (TPSA) is 188 Å². The van der Waals surface area contributed by atoms with E-state index in [9.17, 15) is 24.0 Å². The lowest BCUT2D eigenvalue weighted by Gasteiger charge is -2.19. The highest BCUT2D eigenvalue weighted by Gasteiger charge is 2.24. The van der Waals surface area contributed by atoms with Crippen LogP contribution in [0.4, 0.5) is 0 Å². The van der Waals surface area contributed by atoms with Gasteiger partial charge in [0.05, 0.1) is 19.4 Å². The fourth-order valence-corrected chi connectivity index (χ4v) is 2.88. The number of thioether (sulfide) groups is 1. The fourth-order valence-electron chi connectivity index (χ4n) is 2.41. The Labute approximate surface area is 177 Å². The van der Waals surface area contributed by atoms with Gasteiger partial charge in [0.1, 0.15) is 12.1 Å². The third kappa shape index (κ3) is 9.91. The molecule has 7 N–H and O–H groups in total. The molecule has 0 fully saturated rings. The number of nitrogens with two attached hydrogens (primary N) is 1. The van der Waals surface area contributed by atoms with E-state index >= 15 is 0 Å². The number of carbonyl (C=O) groups excluding carboxylic acids is 5. The molecule has 2 atom stereocenters. The highest BCUT2D eigenvalue weighted by atomic mass is 32.2. The maximum absolute atomic E-state index is 12.3. The Morgan fingerprint density at radius 2 is 1.77 bits per heavy atom. The first kappa shape index (κ1) is 24.9. The summed E-state index contributed by atoms with van der Waals surface area (Å²) in [4.78, 5) is 65.7. The second-order valence-corrected chi connectivity index (χ2v) is 7.32. The Morgan fingerprint density at radius 1 is 1.10 bits per heavy atom. The minimum absolute atomic E-state index is 0.0898. The molecule has 13 heteroatoms. The quantitative estimate of drug-likeness (QED) is 0.194. The molecule has 0 aliphatic heterocycles. The molecule has 1 heterocycles. The Morgan fingerprint density at radius 3 is 2.33 bits per heavy atom. The van der Waals surface area contributed by atoms with Gasteiger partial charge in [0.15, 0.2) is 0 Å². The van der Waals surface area contributed by atoms with Crippen LogP contribution in [0, 0.1) is 0 Å². The molecule has 0 spiro atoms. The molecule has 0 unspecified atom stereocenters. The predicted molar refractivity (Wildman–Crippen MR) is 110 cm³/mol. The van der Waals surface area contributed by atoms with E-state index in [1.165, 1.54) is 31.2 Å². The summed E-state index contributed by atoms with van der Waals surface area (Å²) < 4.78 is 0. The van der Waals surface area contributed by atoms with Crippen LogP contribution in [0.15, 0.2) is 12.5 Å². The molecular weight excluding hydrogens is 414 g/mol. The molecule has 0 saturated heterocycles. The third-order valence-electron chi connectivity index (χ3n) is 3.80. The van der Waals surface area contributed by atoms with Crippen molar-refractivity contribution >= 4 is 41.3 Å². The van der Waals surface area contributed by atoms with Gasteiger partial charge in [0, 0.05) is 25.2 Å². The van der Waals surface area contributed by atoms with Crippen molar-refractivity contribution in [3.63, 3.8) is 0 Å². The second-order valence-electron chi connectivity index (χ2n) is 6.34. The van der Waals surface area contributed by atoms with Crippen molar-refractivity contribution in [1.29, 1.82) is 0 Å². The molecule has 1 aromatic rings. The lowest BCUT2D eigenvalue weighted by atomic mass is 10.1. The second kappa shape index (κ2) is 13.2. The number of hydrogen-bond donors (Lipinski definition) is 6. The normalized spacial score (nSPS) is 12.3. The number of aromatic nitrogens is 2. The van der Waals surface area contributed by atoms with Crippen molar-refractivity contribution in [2.75, 3.05) is 25.1 Å². The van der Waals surface area contributed by atoms with Gasteiger partial charge in [0.2, 0.25) is 29.5 Å². The smallest absolute Gasteiger partial charge is 0.243 e. The molecule has 166 valence electrons. The molecule has 0 aromatic carbocycles. The molecule has 0 bridgehead atoms. The van der Waals surface area contributed by atoms with Crippen LogP contribution in [-0.4, -0.2) is 76.7 Å². The molecule has 5 amide bonds. The van der Waals surface area contributed by atoms with Gasteiger partial charge in [-0.05, 0) is 18.4 Å². The van der Waals surface area contributed by atoms with Crippen molar-refractivity contribution in [2.24, 2.45) is 5.73 Å². The number of hydrogen-bond acceptors (Lipinski definition) is 7. The van der Waals surface area contributed by atoms with Crippen molar-refractivity contribution in [3.8, 4) is 0 Å². The molecular formula is C17H27N7O5S. The van der Waals surface area contributed by atoms with Gasteiger partial charge in [-0.25, -0.2) is 4.98 Å². The number of rotatable bonds is 13. The molecule has 0 radical (unpaired) electrons. The summed E-state index contributed by atoms with van der Waals surface area (Å²) in [6.07, 6.45) is 5.29. The van der Waals surface area contributed by atoms with Gasteiger partial charge in [-0.1, -0.05) is 0 Å². The lowest BCUT2D eigenvalue weighted by molar-refractivity contribution is -0.131. The zero-order chi connectivity index (χ0) is 22.5. The van der Waals surface area contributed by atoms with Crippen molar-refractivity contribution in [1.82, 2.24) is 31.2 Å². The summed E-state index contributed by atoms with van der Waals surface area (Å²) in [7, 11) is 0. The van der Waals surface area contributed by atoms with E-state index < -0.39 is 42.3 Å². The number of H-pyrrole nitrogens is 1. The van der Waals surface area contributed by atoms with Crippen LogP contribution in [-0.2, 0) is 30.4 Å². The highest BCUT2D eigenvalue weighted by Crippen LogP contribution is 2.02. The number of imidazole rings is 1. The van der Waals surface area contributed by atoms with Gasteiger partial charge in [0.25, 0.3) is 0 Å². The molecule has 30 heavy (non-hydrogen) atoms. The van der Waals surface area contributed by atoms with Crippen molar-refractivity contribution < 1.29 is 24.0 Å². The molecule has 1 aromatic heterocycles. The first-order chi connectivity index (χ1) is 14.2. The van der Waals surface area contributed by atoms with Gasteiger partial charge < -0.3 is 32.0 Å². The van der Waals surface area contributed by atoms with E-state index in [1.54, 1.807) is 0 Å². The van der Waals surface area contributed by atoms with E-state index in [0.29, 0.717) is 17.9 Å². The molecule has 1 rings (SSSR count). The maximum Gasteiger partial charge on any atom is 0.243 e. The van der Waals surface area contributed by atoms with Crippen LogP contribution in [0.1, 0.15) is 19.0 Å². The van der Waals surface area contributed by atoms with Crippen LogP contribution < -0.4 is 27.0 Å². The molecule has 0 saturated carbocycles. The average molecular weight is 442 g/mol. The van der Waals surface area contributed by atoms with Crippen molar-refractivity contribution in [3.05, 3.63) is 18.2 Å². The molecule has 0 aliphatic carbocycles. The fraction of sp³-hybridized carbons (Fsp3) is 0.529. The largest absolute Gasteiger partial charge is 0.368 e. The molecule has 12 nitrogen and oxygen atoms in total. The first-order valence-electron chi connectivity index (χ1n) is 9.09. The predicted octanol–water partition coefficient (Wildman–Crippen LogP) is -2.59. The number of carbonyl (C=O) groups is 5. The van der Waals surface area contributed by atoms with E-state index in [0.717, 1.165) is 0 Å². The average Bonchev–Trinajstić information content (AvgIpc) is 3.19. The Bertz CT molecular complexity index is 741. The van der Waals surface area contributed by atoms with E-state index in [1.807, 2.05) is 6.26 Å². The monoisotopic (exact) mass is 441 g/mol. The van der Waals surface area contributed by atoms with Crippen LogP contribution in [0.2, 0.25) is 0 Å². The number of amides is 5. The maximum atomic E-state index is 12.3. The summed E-state index contributed by atoms with van der Waals surface area (Å²) in [6, 6.07) is -1.78. The zero-order valence-electron chi connectivity index (χ0n) is 16.8. The van der Waals surface area contributed by atoms with Crippen LogP contribution in [0.3, 0.4) is 0 Å². The number of aromatic amines is 1. The van der Waals surface area contributed by atoms with Gasteiger partial charge in [-0.3, -0.25) is 24.0 Å². The first-order valence-corrected chi connectivity index (χ1v) is 10.5. The summed E-state index contributed by atoms with van der Waals surface area (Å²) in [5, 5.41) is 9.82. The van der Waals surface area contributed by atoms with Crippen molar-refractivity contribution in [2.45, 2.75) is 31.8 Å². The van der Waals surface area contributed by atoms with Crippen LogP contribution >= 0.6 is 11.8 Å².